The van der Waals surface area contributed by atoms with Crippen LogP contribution in [-0.2, 0) is 19.0 Å². The SMILES string of the molecule is CC(=C/C(=O)O)/C=C/[C@]1(O)[C@@]2(C)CO[C@]1(C)C[C@@H](O[C@@H]1OC(CO)[C@@H](O)C(O)[C@@H]1O)C2. The number of ether oxygens (including phenoxy) is 3. The Morgan fingerprint density at radius 2 is 1.84 bits per heavy atom. The molecule has 0 aromatic carbocycles. The molecule has 3 fully saturated rings. The van der Waals surface area contributed by atoms with Crippen LogP contribution in [0.4, 0.5) is 0 Å². The summed E-state index contributed by atoms with van der Waals surface area (Å²) in [6.45, 7) is 4.88. The summed E-state index contributed by atoms with van der Waals surface area (Å²) in [5.41, 5.74) is -2.77. The van der Waals surface area contributed by atoms with E-state index >= 15 is 0 Å². The molecule has 2 saturated heterocycles. The number of carbonyl (C=O) groups is 1. The molecule has 0 aromatic heterocycles. The van der Waals surface area contributed by atoms with E-state index in [9.17, 15) is 30.3 Å². The first kappa shape index (κ1) is 24.3. The smallest absolute Gasteiger partial charge is 0.328 e. The summed E-state index contributed by atoms with van der Waals surface area (Å²) in [7, 11) is 0. The Labute approximate surface area is 180 Å². The number of carboxylic acids is 1. The van der Waals surface area contributed by atoms with Gasteiger partial charge in [-0.1, -0.05) is 13.0 Å². The molecular weight excluding hydrogens is 412 g/mol. The van der Waals surface area contributed by atoms with Crippen LogP contribution in [0.2, 0.25) is 0 Å². The zero-order valence-electron chi connectivity index (χ0n) is 17.8. The molecule has 1 aliphatic carbocycles. The minimum atomic E-state index is -1.54. The van der Waals surface area contributed by atoms with Crippen LogP contribution in [0.5, 0.6) is 0 Å². The third-order valence-corrected chi connectivity index (χ3v) is 6.84. The lowest BCUT2D eigenvalue weighted by molar-refractivity contribution is -0.319. The van der Waals surface area contributed by atoms with Crippen molar-refractivity contribution in [2.75, 3.05) is 13.2 Å². The van der Waals surface area contributed by atoms with Crippen molar-refractivity contribution in [2.24, 2.45) is 5.41 Å². The number of aliphatic hydroxyl groups excluding tert-OH is 4. The maximum absolute atomic E-state index is 11.6. The first-order chi connectivity index (χ1) is 14.4. The highest BCUT2D eigenvalue weighted by Crippen LogP contribution is 2.58. The predicted octanol–water partition coefficient (Wildman–Crippen LogP) is -0.921. The van der Waals surface area contributed by atoms with Crippen LogP contribution in [0, 0.1) is 5.41 Å². The fourth-order valence-electron chi connectivity index (χ4n) is 4.95. The quantitative estimate of drug-likeness (QED) is 0.223. The van der Waals surface area contributed by atoms with Gasteiger partial charge in [0.25, 0.3) is 0 Å². The molecule has 10 heteroatoms. The van der Waals surface area contributed by atoms with Gasteiger partial charge in [-0.05, 0) is 31.9 Å². The Kier molecular flexibility index (Phi) is 6.68. The second kappa shape index (κ2) is 8.53. The van der Waals surface area contributed by atoms with Crippen molar-refractivity contribution in [2.45, 2.75) is 81.6 Å². The van der Waals surface area contributed by atoms with Gasteiger partial charge in [-0.25, -0.2) is 4.79 Å². The highest BCUT2D eigenvalue weighted by atomic mass is 16.7. The topological polar surface area (TPSA) is 166 Å². The number of carboxylic acid groups (broad SMARTS) is 1. The summed E-state index contributed by atoms with van der Waals surface area (Å²) >= 11 is 0. The zero-order valence-corrected chi connectivity index (χ0v) is 17.8. The maximum Gasteiger partial charge on any atom is 0.328 e. The molecule has 3 aliphatic rings. The standard InChI is InChI=1S/C21H32O10/c1-11(6-14(23)24)4-5-21(28)19(2)7-12(8-20(21,3)29-10-19)30-18-17(27)16(26)15(25)13(9-22)31-18/h4-6,12-13,15-18,22,25-28H,7-10H2,1-3H3,(H,23,24)/b5-4+,11-6-/t12-,13?,15+,16?,17-,18+,19+,20+,21-/m0/s1. The van der Waals surface area contributed by atoms with Gasteiger partial charge < -0.3 is 44.8 Å². The maximum atomic E-state index is 11.6. The van der Waals surface area contributed by atoms with Crippen LogP contribution in [0.25, 0.3) is 0 Å². The molecule has 1 saturated carbocycles. The molecule has 10 nitrogen and oxygen atoms in total. The van der Waals surface area contributed by atoms with Crippen molar-refractivity contribution < 1.29 is 49.6 Å². The van der Waals surface area contributed by atoms with Crippen molar-refractivity contribution >= 4 is 5.97 Å². The van der Waals surface area contributed by atoms with Crippen LogP contribution in [0.3, 0.4) is 0 Å². The zero-order chi connectivity index (χ0) is 23.2. The molecule has 9 atom stereocenters. The van der Waals surface area contributed by atoms with E-state index in [1.54, 1.807) is 26.0 Å². The lowest BCUT2D eigenvalue weighted by atomic mass is 9.59. The molecule has 2 heterocycles. The Bertz CT molecular complexity index is 728. The average molecular weight is 444 g/mol. The number of hydrogen-bond acceptors (Lipinski definition) is 9. The third-order valence-electron chi connectivity index (χ3n) is 6.84. The van der Waals surface area contributed by atoms with Crippen molar-refractivity contribution in [3.8, 4) is 0 Å². The summed E-state index contributed by atoms with van der Waals surface area (Å²) in [5.74, 6) is -1.08. The van der Waals surface area contributed by atoms with Gasteiger partial charge in [0.05, 0.1) is 19.3 Å². The summed E-state index contributed by atoms with van der Waals surface area (Å²) in [5, 5.41) is 60.0. The number of fused-ring (bicyclic) bond motifs is 2. The molecule has 2 aliphatic heterocycles. The van der Waals surface area contributed by atoms with E-state index in [0.717, 1.165) is 6.08 Å². The molecule has 3 rings (SSSR count). The van der Waals surface area contributed by atoms with Crippen LogP contribution < -0.4 is 0 Å². The summed E-state index contributed by atoms with van der Waals surface area (Å²) in [6.07, 6.45) is -2.65. The number of aliphatic hydroxyl groups is 5. The van der Waals surface area contributed by atoms with Crippen molar-refractivity contribution in [1.29, 1.82) is 0 Å². The van der Waals surface area contributed by atoms with Gasteiger partial charge in [0, 0.05) is 17.9 Å². The molecule has 31 heavy (non-hydrogen) atoms. The van der Waals surface area contributed by atoms with Crippen LogP contribution in [0.1, 0.15) is 33.6 Å². The molecule has 6 N–H and O–H groups in total. The summed E-state index contributed by atoms with van der Waals surface area (Å²) in [4.78, 5) is 10.9. The van der Waals surface area contributed by atoms with Gasteiger partial charge in [-0.15, -0.1) is 0 Å². The first-order valence-corrected chi connectivity index (χ1v) is 10.3. The molecule has 0 aromatic rings. The third kappa shape index (κ3) is 4.19. The van der Waals surface area contributed by atoms with Crippen molar-refractivity contribution in [3.63, 3.8) is 0 Å². The summed E-state index contributed by atoms with van der Waals surface area (Å²) in [6, 6.07) is 0. The van der Waals surface area contributed by atoms with E-state index in [-0.39, 0.29) is 13.0 Å². The molecule has 0 radical (unpaired) electrons. The van der Waals surface area contributed by atoms with Gasteiger partial charge in [0.1, 0.15) is 35.6 Å². The molecule has 2 unspecified atom stereocenters. The Hall–Kier alpha value is -1.37. The molecule has 0 amide bonds. The Morgan fingerprint density at radius 3 is 2.42 bits per heavy atom. The molecule has 0 spiro atoms. The minimum Gasteiger partial charge on any atom is -0.478 e. The largest absolute Gasteiger partial charge is 0.478 e. The number of allylic oxidation sites excluding steroid dienone is 2. The van der Waals surface area contributed by atoms with Crippen LogP contribution in [-0.4, -0.2) is 97.8 Å². The number of rotatable bonds is 6. The van der Waals surface area contributed by atoms with E-state index in [4.69, 9.17) is 19.3 Å². The second-order valence-electron chi connectivity index (χ2n) is 9.27. The monoisotopic (exact) mass is 444 g/mol. The van der Waals surface area contributed by atoms with Crippen molar-refractivity contribution in [3.05, 3.63) is 23.8 Å². The summed E-state index contributed by atoms with van der Waals surface area (Å²) < 4.78 is 17.3. The van der Waals surface area contributed by atoms with Crippen LogP contribution >= 0.6 is 0 Å². The van der Waals surface area contributed by atoms with Crippen molar-refractivity contribution in [1.82, 2.24) is 0 Å². The minimum absolute atomic E-state index is 0.236. The van der Waals surface area contributed by atoms with Crippen LogP contribution in [0.15, 0.2) is 23.8 Å². The predicted molar refractivity (Wildman–Crippen MR) is 106 cm³/mol. The second-order valence-corrected chi connectivity index (χ2v) is 9.27. The van der Waals surface area contributed by atoms with E-state index in [1.165, 1.54) is 0 Å². The lowest BCUT2D eigenvalue weighted by Gasteiger charge is -2.51. The number of hydrogen-bond donors (Lipinski definition) is 6. The molecular formula is C21H32O10. The van der Waals surface area contributed by atoms with Gasteiger partial charge >= 0.3 is 5.97 Å². The van der Waals surface area contributed by atoms with Gasteiger partial charge in [-0.2, -0.15) is 0 Å². The average Bonchev–Trinajstić information content (AvgIpc) is 2.79. The highest BCUT2D eigenvalue weighted by Gasteiger charge is 2.67. The van der Waals surface area contributed by atoms with E-state index < -0.39 is 66.0 Å². The normalized spacial score (nSPS) is 48.3. The fraction of sp³-hybridized carbons (Fsp3) is 0.762. The fourth-order valence-corrected chi connectivity index (χ4v) is 4.95. The van der Waals surface area contributed by atoms with Gasteiger partial charge in [0.2, 0.25) is 0 Å². The Balaban J connectivity index is 1.78. The first-order valence-electron chi connectivity index (χ1n) is 10.3. The van der Waals surface area contributed by atoms with Gasteiger partial charge in [-0.3, -0.25) is 0 Å². The number of aliphatic carboxylic acids is 1. The van der Waals surface area contributed by atoms with Gasteiger partial charge in [0.15, 0.2) is 6.29 Å². The molecule has 176 valence electrons. The Morgan fingerprint density at radius 1 is 1.16 bits per heavy atom. The van der Waals surface area contributed by atoms with E-state index in [1.807, 2.05) is 6.92 Å². The molecule has 2 bridgehead atoms. The highest BCUT2D eigenvalue weighted by molar-refractivity contribution is 5.81. The lowest BCUT2D eigenvalue weighted by Crippen LogP contribution is -2.63. The van der Waals surface area contributed by atoms with E-state index in [0.29, 0.717) is 12.0 Å². The van der Waals surface area contributed by atoms with E-state index in [2.05, 4.69) is 0 Å².